The van der Waals surface area contributed by atoms with E-state index in [1.165, 1.54) is 5.56 Å². The number of nitrogens with zero attached hydrogens (tertiary/aromatic N) is 1. The van der Waals surface area contributed by atoms with Gasteiger partial charge in [-0.05, 0) is 51.3 Å². The summed E-state index contributed by atoms with van der Waals surface area (Å²) in [6, 6.07) is 4.12. The van der Waals surface area contributed by atoms with Crippen LogP contribution in [-0.2, 0) is 9.31 Å². The first-order chi connectivity index (χ1) is 8.23. The van der Waals surface area contributed by atoms with Crippen molar-refractivity contribution in [1.29, 1.82) is 0 Å². The van der Waals surface area contributed by atoms with Crippen LogP contribution in [0.25, 0.3) is 0 Å². The third-order valence-electron chi connectivity index (χ3n) is 3.97. The summed E-state index contributed by atoms with van der Waals surface area (Å²) in [7, 11) is -0.367. The predicted molar refractivity (Wildman–Crippen MR) is 74.0 cm³/mol. The molecule has 0 radical (unpaired) electrons. The maximum Gasteiger partial charge on any atom is 0.514 e. The molecule has 0 N–H and O–H groups in total. The second kappa shape index (κ2) is 4.35. The topological polar surface area (TPSA) is 31.4 Å². The van der Waals surface area contributed by atoms with Gasteiger partial charge in [0.25, 0.3) is 0 Å². The van der Waals surface area contributed by atoms with Gasteiger partial charge in [-0.3, -0.25) is 4.98 Å². The highest BCUT2D eigenvalue weighted by atomic mass is 16.7. The van der Waals surface area contributed by atoms with Gasteiger partial charge in [0.1, 0.15) is 0 Å². The minimum absolute atomic E-state index is 0.312. The molecule has 0 atom stereocenters. The molecular weight excluding hydrogens is 225 g/mol. The maximum absolute atomic E-state index is 6.00. The van der Waals surface area contributed by atoms with E-state index in [1.54, 1.807) is 0 Å². The first-order valence-corrected chi connectivity index (χ1v) is 6.54. The minimum atomic E-state index is -0.367. The SMILES string of the molecule is CC(C)c1ccnc(B2OC(C)(C)C(C)(C)O2)c1. The lowest BCUT2D eigenvalue weighted by Crippen LogP contribution is -2.41. The van der Waals surface area contributed by atoms with Crippen LogP contribution in [0.3, 0.4) is 0 Å². The Morgan fingerprint density at radius 2 is 1.67 bits per heavy atom. The number of hydrogen-bond donors (Lipinski definition) is 0. The summed E-state index contributed by atoms with van der Waals surface area (Å²) in [5.41, 5.74) is 1.50. The Labute approximate surface area is 110 Å². The van der Waals surface area contributed by atoms with Gasteiger partial charge in [0.2, 0.25) is 0 Å². The molecule has 2 rings (SSSR count). The van der Waals surface area contributed by atoms with Crippen molar-refractivity contribution in [3.05, 3.63) is 23.9 Å². The summed E-state index contributed by atoms with van der Waals surface area (Å²) in [5.74, 6) is 0.481. The van der Waals surface area contributed by atoms with Crippen LogP contribution >= 0.6 is 0 Å². The second-order valence-electron chi connectivity index (χ2n) is 6.26. The van der Waals surface area contributed by atoms with E-state index in [1.807, 2.05) is 12.3 Å². The minimum Gasteiger partial charge on any atom is -0.398 e. The van der Waals surface area contributed by atoms with E-state index in [-0.39, 0.29) is 18.3 Å². The van der Waals surface area contributed by atoms with Crippen LogP contribution in [0, 0.1) is 0 Å². The molecule has 1 fully saturated rings. The predicted octanol–water partition coefficient (Wildman–Crippen LogP) is 2.50. The average Bonchev–Trinajstić information content (AvgIpc) is 2.48. The summed E-state index contributed by atoms with van der Waals surface area (Å²) in [4.78, 5) is 4.38. The van der Waals surface area contributed by atoms with Crippen LogP contribution in [-0.4, -0.2) is 23.3 Å². The van der Waals surface area contributed by atoms with Crippen LogP contribution in [0.15, 0.2) is 18.3 Å². The Hall–Kier alpha value is -0.865. The summed E-state index contributed by atoms with van der Waals surface area (Å²) in [5, 5.41) is 0. The standard InChI is InChI=1S/C14H22BNO2/c1-10(2)11-7-8-16-12(9-11)15-17-13(3,4)14(5,6)18-15/h7-10H,1-6H3. The Morgan fingerprint density at radius 3 is 2.17 bits per heavy atom. The molecule has 1 aromatic heterocycles. The average molecular weight is 247 g/mol. The van der Waals surface area contributed by atoms with Gasteiger partial charge < -0.3 is 9.31 Å². The van der Waals surface area contributed by atoms with Crippen molar-refractivity contribution in [2.24, 2.45) is 0 Å². The Bertz CT molecular complexity index is 427. The van der Waals surface area contributed by atoms with E-state index in [0.29, 0.717) is 5.92 Å². The first-order valence-electron chi connectivity index (χ1n) is 6.54. The van der Waals surface area contributed by atoms with E-state index in [9.17, 15) is 0 Å². The summed E-state index contributed by atoms with van der Waals surface area (Å²) >= 11 is 0. The number of pyridine rings is 1. The molecule has 1 saturated heterocycles. The van der Waals surface area contributed by atoms with Crippen LogP contribution < -0.4 is 5.59 Å². The van der Waals surface area contributed by atoms with Crippen molar-refractivity contribution >= 4 is 12.7 Å². The zero-order valence-corrected chi connectivity index (χ0v) is 12.2. The van der Waals surface area contributed by atoms with E-state index in [0.717, 1.165) is 5.59 Å². The van der Waals surface area contributed by atoms with Crippen molar-refractivity contribution in [1.82, 2.24) is 4.98 Å². The van der Waals surface area contributed by atoms with Gasteiger partial charge in [-0.2, -0.15) is 0 Å². The maximum atomic E-state index is 6.00. The lowest BCUT2D eigenvalue weighted by molar-refractivity contribution is 0.00578. The van der Waals surface area contributed by atoms with Crippen LogP contribution in [0.1, 0.15) is 53.0 Å². The molecule has 0 spiro atoms. The fourth-order valence-corrected chi connectivity index (χ4v) is 1.92. The van der Waals surface area contributed by atoms with E-state index < -0.39 is 0 Å². The van der Waals surface area contributed by atoms with Crippen molar-refractivity contribution < 1.29 is 9.31 Å². The molecule has 0 saturated carbocycles. The highest BCUT2D eigenvalue weighted by Crippen LogP contribution is 2.36. The van der Waals surface area contributed by atoms with Gasteiger partial charge in [-0.1, -0.05) is 13.8 Å². The zero-order valence-electron chi connectivity index (χ0n) is 12.2. The molecule has 1 aromatic rings. The van der Waals surface area contributed by atoms with Gasteiger partial charge in [-0.25, -0.2) is 0 Å². The highest BCUT2D eigenvalue weighted by molar-refractivity contribution is 6.61. The smallest absolute Gasteiger partial charge is 0.398 e. The molecule has 1 aliphatic heterocycles. The van der Waals surface area contributed by atoms with Crippen molar-refractivity contribution in [2.45, 2.75) is 58.7 Å². The second-order valence-corrected chi connectivity index (χ2v) is 6.26. The summed E-state index contributed by atoms with van der Waals surface area (Å²) in [6.45, 7) is 12.6. The molecule has 0 bridgehead atoms. The molecule has 0 unspecified atom stereocenters. The van der Waals surface area contributed by atoms with E-state index in [2.05, 4.69) is 52.6 Å². The summed E-state index contributed by atoms with van der Waals surface area (Å²) < 4.78 is 12.0. The fraction of sp³-hybridized carbons (Fsp3) is 0.643. The van der Waals surface area contributed by atoms with Crippen molar-refractivity contribution in [3.8, 4) is 0 Å². The lowest BCUT2D eigenvalue weighted by Gasteiger charge is -2.32. The molecule has 18 heavy (non-hydrogen) atoms. The number of rotatable bonds is 2. The van der Waals surface area contributed by atoms with Gasteiger partial charge in [0.15, 0.2) is 0 Å². The van der Waals surface area contributed by atoms with Crippen LogP contribution in [0.4, 0.5) is 0 Å². The van der Waals surface area contributed by atoms with Gasteiger partial charge in [0, 0.05) is 6.20 Å². The first kappa shape index (κ1) is 13.6. The number of hydrogen-bond acceptors (Lipinski definition) is 3. The fourth-order valence-electron chi connectivity index (χ4n) is 1.92. The highest BCUT2D eigenvalue weighted by Gasteiger charge is 2.52. The van der Waals surface area contributed by atoms with E-state index >= 15 is 0 Å². The van der Waals surface area contributed by atoms with Crippen LogP contribution in [0.2, 0.25) is 0 Å². The molecule has 0 aliphatic carbocycles. The van der Waals surface area contributed by atoms with Crippen molar-refractivity contribution in [2.75, 3.05) is 0 Å². The Balaban J connectivity index is 2.27. The third kappa shape index (κ3) is 2.32. The number of aromatic nitrogens is 1. The van der Waals surface area contributed by atoms with Gasteiger partial charge in [0.05, 0.1) is 16.8 Å². The van der Waals surface area contributed by atoms with Crippen molar-refractivity contribution in [3.63, 3.8) is 0 Å². The molecule has 2 heterocycles. The monoisotopic (exact) mass is 247 g/mol. The molecule has 0 aromatic carbocycles. The summed E-state index contributed by atoms with van der Waals surface area (Å²) in [6.07, 6.45) is 1.83. The molecule has 98 valence electrons. The zero-order chi connectivity index (χ0) is 13.6. The molecule has 0 amide bonds. The molecule has 3 nitrogen and oxygen atoms in total. The van der Waals surface area contributed by atoms with Gasteiger partial charge >= 0.3 is 7.12 Å². The quantitative estimate of drug-likeness (QED) is 0.752. The molecular formula is C14H22BNO2. The normalized spacial score (nSPS) is 21.6. The van der Waals surface area contributed by atoms with E-state index in [4.69, 9.17) is 9.31 Å². The van der Waals surface area contributed by atoms with Gasteiger partial charge in [-0.15, -0.1) is 0 Å². The third-order valence-corrected chi connectivity index (χ3v) is 3.97. The lowest BCUT2D eigenvalue weighted by atomic mass is 9.82. The Morgan fingerprint density at radius 1 is 1.11 bits per heavy atom. The Kier molecular flexibility index (Phi) is 3.28. The molecule has 4 heteroatoms. The van der Waals surface area contributed by atoms with Crippen LogP contribution in [0.5, 0.6) is 0 Å². The molecule has 1 aliphatic rings. The largest absolute Gasteiger partial charge is 0.514 e.